The van der Waals surface area contributed by atoms with Gasteiger partial charge >= 0.3 is 12.0 Å². The molecular weight excluding hydrogens is 384 g/mol. The van der Waals surface area contributed by atoms with E-state index in [9.17, 15) is 14.4 Å². The SMILES string of the molecule is COc1ccc(C(C)=O)cc1COC(=O)C[C@H](NC(N)=O)c1ccc(Cl)cc1. The number of esters is 1. The van der Waals surface area contributed by atoms with Crippen LogP contribution in [0.25, 0.3) is 0 Å². The van der Waals surface area contributed by atoms with Crippen molar-refractivity contribution in [2.45, 2.75) is 26.0 Å². The Balaban J connectivity index is 2.08. The highest BCUT2D eigenvalue weighted by atomic mass is 35.5. The van der Waals surface area contributed by atoms with Crippen LogP contribution in [-0.2, 0) is 16.1 Å². The molecule has 0 spiro atoms. The summed E-state index contributed by atoms with van der Waals surface area (Å²) < 4.78 is 10.6. The van der Waals surface area contributed by atoms with Crippen molar-refractivity contribution in [2.24, 2.45) is 5.73 Å². The molecule has 2 rings (SSSR count). The van der Waals surface area contributed by atoms with E-state index in [2.05, 4.69) is 5.32 Å². The van der Waals surface area contributed by atoms with Crippen molar-refractivity contribution < 1.29 is 23.9 Å². The number of nitrogens with two attached hydrogens (primary N) is 1. The van der Waals surface area contributed by atoms with Crippen LogP contribution in [0.1, 0.15) is 40.9 Å². The minimum Gasteiger partial charge on any atom is -0.496 e. The second-order valence-corrected chi connectivity index (χ2v) is 6.50. The standard InChI is InChI=1S/C20H21ClN2O5/c1-12(24)14-5-8-18(27-2)15(9-14)11-28-19(25)10-17(23-20(22)26)13-3-6-16(21)7-4-13/h3-9,17H,10-11H2,1-2H3,(H3,22,23,26)/t17-/m0/s1. The normalized spacial score (nSPS) is 11.4. The number of rotatable bonds is 8. The number of methoxy groups -OCH3 is 1. The molecule has 0 fully saturated rings. The summed E-state index contributed by atoms with van der Waals surface area (Å²) in [5, 5.41) is 3.05. The Kier molecular flexibility index (Phi) is 7.40. The van der Waals surface area contributed by atoms with E-state index < -0.39 is 18.0 Å². The molecule has 7 nitrogen and oxygen atoms in total. The Morgan fingerprint density at radius 1 is 1.14 bits per heavy atom. The molecule has 0 aliphatic rings. The monoisotopic (exact) mass is 404 g/mol. The molecule has 0 aliphatic carbocycles. The van der Waals surface area contributed by atoms with Gasteiger partial charge in [0.1, 0.15) is 12.4 Å². The van der Waals surface area contributed by atoms with Crippen molar-refractivity contribution >= 4 is 29.4 Å². The first kappa shape index (κ1) is 21.2. The van der Waals surface area contributed by atoms with Crippen LogP contribution in [0.15, 0.2) is 42.5 Å². The van der Waals surface area contributed by atoms with Gasteiger partial charge in [0.25, 0.3) is 0 Å². The fourth-order valence-corrected chi connectivity index (χ4v) is 2.74. The predicted octanol–water partition coefficient (Wildman–Crippen LogP) is 3.39. The van der Waals surface area contributed by atoms with Gasteiger partial charge in [-0.2, -0.15) is 0 Å². The first-order chi connectivity index (χ1) is 13.3. The molecule has 0 bridgehead atoms. The topological polar surface area (TPSA) is 108 Å². The lowest BCUT2D eigenvalue weighted by Crippen LogP contribution is -2.34. The fourth-order valence-electron chi connectivity index (χ4n) is 2.61. The quantitative estimate of drug-likeness (QED) is 0.518. The van der Waals surface area contributed by atoms with Gasteiger partial charge in [-0.15, -0.1) is 0 Å². The summed E-state index contributed by atoms with van der Waals surface area (Å²) in [7, 11) is 1.49. The van der Waals surface area contributed by atoms with Crippen molar-refractivity contribution in [3.63, 3.8) is 0 Å². The molecule has 0 unspecified atom stereocenters. The van der Waals surface area contributed by atoms with Gasteiger partial charge in [0.2, 0.25) is 0 Å². The molecular formula is C20H21ClN2O5. The molecule has 0 heterocycles. The van der Waals surface area contributed by atoms with Crippen molar-refractivity contribution in [2.75, 3.05) is 7.11 Å². The Morgan fingerprint density at radius 3 is 2.39 bits per heavy atom. The van der Waals surface area contributed by atoms with Gasteiger partial charge in [0.05, 0.1) is 19.6 Å². The van der Waals surface area contributed by atoms with Crippen LogP contribution < -0.4 is 15.8 Å². The average Bonchev–Trinajstić information content (AvgIpc) is 2.65. The maximum Gasteiger partial charge on any atom is 0.312 e. The number of primary amides is 1. The first-order valence-electron chi connectivity index (χ1n) is 8.45. The Morgan fingerprint density at radius 2 is 1.82 bits per heavy atom. The van der Waals surface area contributed by atoms with Gasteiger partial charge < -0.3 is 20.5 Å². The predicted molar refractivity (Wildman–Crippen MR) is 104 cm³/mol. The van der Waals surface area contributed by atoms with E-state index in [4.69, 9.17) is 26.8 Å². The highest BCUT2D eigenvalue weighted by Crippen LogP contribution is 2.23. The van der Waals surface area contributed by atoms with Crippen molar-refractivity contribution in [3.05, 3.63) is 64.2 Å². The molecule has 3 N–H and O–H groups in total. The molecule has 0 aromatic heterocycles. The number of amides is 2. The molecule has 0 aliphatic heterocycles. The van der Waals surface area contributed by atoms with E-state index in [-0.39, 0.29) is 18.8 Å². The van der Waals surface area contributed by atoms with Crippen LogP contribution in [0.2, 0.25) is 5.02 Å². The number of carbonyl (C=O) groups excluding carboxylic acids is 3. The summed E-state index contributed by atoms with van der Waals surface area (Å²) in [6.07, 6.45) is -0.126. The van der Waals surface area contributed by atoms with E-state index in [1.54, 1.807) is 42.5 Å². The summed E-state index contributed by atoms with van der Waals surface area (Å²) in [6, 6.07) is 10.2. The third kappa shape index (κ3) is 5.99. The number of benzene rings is 2. The zero-order chi connectivity index (χ0) is 20.7. The van der Waals surface area contributed by atoms with Gasteiger partial charge in [-0.05, 0) is 42.8 Å². The molecule has 2 aromatic rings. The van der Waals surface area contributed by atoms with Crippen LogP contribution >= 0.6 is 11.6 Å². The second-order valence-electron chi connectivity index (χ2n) is 6.06. The number of ether oxygens (including phenoxy) is 2. The lowest BCUT2D eigenvalue weighted by Gasteiger charge is -2.18. The van der Waals surface area contributed by atoms with Gasteiger partial charge in [0.15, 0.2) is 5.78 Å². The second kappa shape index (κ2) is 9.75. The third-order valence-electron chi connectivity index (χ3n) is 4.04. The highest BCUT2D eigenvalue weighted by Gasteiger charge is 2.19. The molecule has 0 saturated carbocycles. The van der Waals surface area contributed by atoms with E-state index in [0.29, 0.717) is 27.5 Å². The van der Waals surface area contributed by atoms with E-state index in [1.807, 2.05) is 0 Å². The molecule has 2 amide bonds. The molecule has 0 radical (unpaired) electrons. The van der Waals surface area contributed by atoms with Gasteiger partial charge in [0, 0.05) is 16.1 Å². The first-order valence-corrected chi connectivity index (χ1v) is 8.83. The lowest BCUT2D eigenvalue weighted by atomic mass is 10.0. The van der Waals surface area contributed by atoms with Crippen LogP contribution in [-0.4, -0.2) is 24.9 Å². The summed E-state index contributed by atoms with van der Waals surface area (Å²) in [4.78, 5) is 35.2. The number of carbonyl (C=O) groups is 3. The third-order valence-corrected chi connectivity index (χ3v) is 4.29. The van der Waals surface area contributed by atoms with E-state index >= 15 is 0 Å². The van der Waals surface area contributed by atoms with Crippen LogP contribution in [0.3, 0.4) is 0 Å². The van der Waals surface area contributed by atoms with Crippen molar-refractivity contribution in [3.8, 4) is 5.75 Å². The number of Topliss-reactive ketones (excluding diaryl/α,β-unsaturated/α-hetero) is 1. The number of hydrogen-bond acceptors (Lipinski definition) is 5. The average molecular weight is 405 g/mol. The van der Waals surface area contributed by atoms with Crippen molar-refractivity contribution in [1.82, 2.24) is 5.32 Å². The molecule has 8 heteroatoms. The Hall–Kier alpha value is -3.06. The Bertz CT molecular complexity index is 867. The molecule has 0 saturated heterocycles. The molecule has 148 valence electrons. The highest BCUT2D eigenvalue weighted by molar-refractivity contribution is 6.30. The number of urea groups is 1. The van der Waals surface area contributed by atoms with Gasteiger partial charge in [-0.25, -0.2) is 4.79 Å². The van der Waals surface area contributed by atoms with Crippen LogP contribution in [0.5, 0.6) is 5.75 Å². The summed E-state index contributed by atoms with van der Waals surface area (Å²) in [5.41, 5.74) is 6.92. The minimum absolute atomic E-state index is 0.0764. The lowest BCUT2D eigenvalue weighted by molar-refractivity contribution is -0.145. The fraction of sp³-hybridized carbons (Fsp3) is 0.250. The summed E-state index contributed by atoms with van der Waals surface area (Å²) in [5.74, 6) is -0.157. The maximum atomic E-state index is 12.3. The van der Waals surface area contributed by atoms with Crippen LogP contribution in [0, 0.1) is 0 Å². The number of nitrogens with one attached hydrogen (secondary N) is 1. The van der Waals surface area contributed by atoms with E-state index in [0.717, 1.165) is 0 Å². The number of hydrogen-bond donors (Lipinski definition) is 2. The molecule has 28 heavy (non-hydrogen) atoms. The van der Waals surface area contributed by atoms with Gasteiger partial charge in [-0.1, -0.05) is 23.7 Å². The molecule has 2 aromatic carbocycles. The maximum absolute atomic E-state index is 12.3. The Labute approximate surface area is 167 Å². The smallest absolute Gasteiger partial charge is 0.312 e. The summed E-state index contributed by atoms with van der Waals surface area (Å²) >= 11 is 5.87. The zero-order valence-electron chi connectivity index (χ0n) is 15.5. The zero-order valence-corrected chi connectivity index (χ0v) is 16.3. The van der Waals surface area contributed by atoms with Gasteiger partial charge in [-0.3, -0.25) is 9.59 Å². The number of halogens is 1. The largest absolute Gasteiger partial charge is 0.496 e. The molecule has 1 atom stereocenters. The van der Waals surface area contributed by atoms with Crippen LogP contribution in [0.4, 0.5) is 4.79 Å². The number of ketones is 1. The van der Waals surface area contributed by atoms with E-state index in [1.165, 1.54) is 14.0 Å². The summed E-state index contributed by atoms with van der Waals surface area (Å²) in [6.45, 7) is 1.37. The minimum atomic E-state index is -0.761. The van der Waals surface area contributed by atoms with Crippen molar-refractivity contribution in [1.29, 1.82) is 0 Å².